The molecule has 0 N–H and O–H groups in total. The van der Waals surface area contributed by atoms with Crippen LogP contribution >= 0.6 is 23.4 Å². The molecule has 3 heterocycles. The molecule has 0 aliphatic carbocycles. The van der Waals surface area contributed by atoms with E-state index in [-0.39, 0.29) is 5.28 Å². The summed E-state index contributed by atoms with van der Waals surface area (Å²) >= 11 is 7.29. The van der Waals surface area contributed by atoms with E-state index in [1.54, 1.807) is 12.3 Å². The summed E-state index contributed by atoms with van der Waals surface area (Å²) < 4.78 is 5.31. The summed E-state index contributed by atoms with van der Waals surface area (Å²) in [5.74, 6) is 0.574. The lowest BCUT2D eigenvalue weighted by molar-refractivity contribution is 0.122. The highest BCUT2D eigenvalue weighted by Gasteiger charge is 2.16. The molecule has 7 nitrogen and oxygen atoms in total. The van der Waals surface area contributed by atoms with Crippen LogP contribution in [0, 0.1) is 0 Å². The van der Waals surface area contributed by atoms with Crippen molar-refractivity contribution < 1.29 is 4.74 Å². The van der Waals surface area contributed by atoms with Crippen molar-refractivity contribution in [3.8, 4) is 0 Å². The van der Waals surface area contributed by atoms with Crippen LogP contribution in [0.4, 0.5) is 5.95 Å². The Morgan fingerprint density at radius 2 is 2.05 bits per heavy atom. The van der Waals surface area contributed by atoms with Crippen LogP contribution in [-0.4, -0.2) is 51.2 Å². The Balaban J connectivity index is 1.82. The average Bonchev–Trinajstić information content (AvgIpc) is 2.49. The van der Waals surface area contributed by atoms with Crippen molar-refractivity contribution in [3.05, 3.63) is 23.9 Å². The molecule has 9 heteroatoms. The number of anilines is 1. The van der Waals surface area contributed by atoms with Gasteiger partial charge >= 0.3 is 0 Å². The lowest BCUT2D eigenvalue weighted by atomic mass is 10.4. The Morgan fingerprint density at radius 3 is 2.80 bits per heavy atom. The van der Waals surface area contributed by atoms with Crippen molar-refractivity contribution in [2.24, 2.45) is 0 Å². The summed E-state index contributed by atoms with van der Waals surface area (Å²) in [5.41, 5.74) is 0. The average molecular weight is 311 g/mol. The van der Waals surface area contributed by atoms with Gasteiger partial charge < -0.3 is 9.64 Å². The molecule has 104 valence electrons. The van der Waals surface area contributed by atoms with Gasteiger partial charge in [-0.05, 0) is 29.4 Å². The van der Waals surface area contributed by atoms with Crippen LogP contribution in [0.5, 0.6) is 0 Å². The van der Waals surface area contributed by atoms with E-state index in [0.717, 1.165) is 18.1 Å². The van der Waals surface area contributed by atoms with Crippen molar-refractivity contribution in [3.63, 3.8) is 0 Å². The number of rotatable bonds is 3. The smallest absolute Gasteiger partial charge is 0.230 e. The number of nitrogens with zero attached hydrogens (tertiary/aromatic N) is 6. The molecule has 1 fully saturated rings. The zero-order valence-corrected chi connectivity index (χ0v) is 12.0. The maximum atomic E-state index is 5.97. The van der Waals surface area contributed by atoms with E-state index in [9.17, 15) is 0 Å². The molecule has 3 rings (SSSR count). The third-order valence-corrected chi connectivity index (χ3v) is 3.61. The molecule has 20 heavy (non-hydrogen) atoms. The van der Waals surface area contributed by atoms with Gasteiger partial charge in [-0.2, -0.15) is 15.0 Å². The van der Waals surface area contributed by atoms with Crippen LogP contribution in [0.15, 0.2) is 28.8 Å². The standard InChI is InChI=1S/C11H11ClN6OS/c12-9-15-10(18-3-5-19-6-4-18)17-11(16-9)20-8-1-2-13-7-14-8/h1-2,7H,3-6H2. The van der Waals surface area contributed by atoms with Gasteiger partial charge in [0.2, 0.25) is 11.2 Å². The van der Waals surface area contributed by atoms with E-state index in [0.29, 0.717) is 24.3 Å². The van der Waals surface area contributed by atoms with Crippen molar-refractivity contribution in [1.82, 2.24) is 24.9 Å². The molecule has 0 saturated carbocycles. The zero-order valence-electron chi connectivity index (χ0n) is 10.4. The molecule has 0 spiro atoms. The van der Waals surface area contributed by atoms with E-state index in [1.165, 1.54) is 18.1 Å². The van der Waals surface area contributed by atoms with Crippen molar-refractivity contribution in [1.29, 1.82) is 0 Å². The second-order valence-electron chi connectivity index (χ2n) is 3.94. The number of aromatic nitrogens is 5. The fourth-order valence-electron chi connectivity index (χ4n) is 1.70. The molecular weight excluding hydrogens is 300 g/mol. The monoisotopic (exact) mass is 310 g/mol. The lowest BCUT2D eigenvalue weighted by Crippen LogP contribution is -2.37. The quantitative estimate of drug-likeness (QED) is 0.785. The number of ether oxygens (including phenoxy) is 1. The van der Waals surface area contributed by atoms with Gasteiger partial charge in [-0.15, -0.1) is 0 Å². The molecule has 0 atom stereocenters. The summed E-state index contributed by atoms with van der Waals surface area (Å²) in [6, 6.07) is 1.79. The fraction of sp³-hybridized carbons (Fsp3) is 0.364. The Hall–Kier alpha value is -1.51. The van der Waals surface area contributed by atoms with Crippen molar-refractivity contribution in [2.75, 3.05) is 31.2 Å². The van der Waals surface area contributed by atoms with Crippen molar-refractivity contribution >= 4 is 29.3 Å². The van der Waals surface area contributed by atoms with Crippen LogP contribution < -0.4 is 4.90 Å². The summed E-state index contributed by atoms with van der Waals surface area (Å²) in [5, 5.41) is 1.46. The highest BCUT2D eigenvalue weighted by atomic mass is 35.5. The van der Waals surface area contributed by atoms with E-state index in [2.05, 4.69) is 24.9 Å². The zero-order chi connectivity index (χ0) is 13.8. The molecule has 2 aromatic rings. The second-order valence-corrected chi connectivity index (χ2v) is 5.26. The molecule has 1 aliphatic heterocycles. The van der Waals surface area contributed by atoms with E-state index < -0.39 is 0 Å². The Kier molecular flexibility index (Phi) is 4.24. The normalized spacial score (nSPS) is 15.3. The van der Waals surface area contributed by atoms with Crippen LogP contribution in [-0.2, 0) is 4.74 Å². The van der Waals surface area contributed by atoms with E-state index >= 15 is 0 Å². The van der Waals surface area contributed by atoms with Gasteiger partial charge in [0.05, 0.1) is 13.2 Å². The van der Waals surface area contributed by atoms with Crippen LogP contribution in [0.1, 0.15) is 0 Å². The predicted molar refractivity (Wildman–Crippen MR) is 74.0 cm³/mol. The molecule has 2 aromatic heterocycles. The largest absolute Gasteiger partial charge is 0.378 e. The van der Waals surface area contributed by atoms with Gasteiger partial charge in [-0.25, -0.2) is 9.97 Å². The van der Waals surface area contributed by atoms with Crippen LogP contribution in [0.25, 0.3) is 0 Å². The molecule has 0 aromatic carbocycles. The molecule has 0 radical (unpaired) electrons. The van der Waals surface area contributed by atoms with Crippen molar-refractivity contribution in [2.45, 2.75) is 10.2 Å². The summed E-state index contributed by atoms with van der Waals surface area (Å²) in [4.78, 5) is 22.7. The minimum atomic E-state index is 0.179. The topological polar surface area (TPSA) is 76.9 Å². The first-order valence-corrected chi connectivity index (χ1v) is 7.19. The molecular formula is C11H11ClN6OS. The number of hydrogen-bond donors (Lipinski definition) is 0. The lowest BCUT2D eigenvalue weighted by Gasteiger charge is -2.26. The van der Waals surface area contributed by atoms with Gasteiger partial charge in [0.15, 0.2) is 5.16 Å². The summed E-state index contributed by atoms with van der Waals surface area (Å²) in [6.45, 7) is 2.82. The van der Waals surface area contributed by atoms with Crippen LogP contribution in [0.2, 0.25) is 5.28 Å². The third-order valence-electron chi connectivity index (χ3n) is 2.62. The molecule has 0 bridgehead atoms. The first kappa shape index (κ1) is 13.5. The SMILES string of the molecule is Clc1nc(Sc2ccncn2)nc(N2CCOCC2)n1. The minimum Gasteiger partial charge on any atom is -0.378 e. The first-order valence-electron chi connectivity index (χ1n) is 5.99. The number of halogens is 1. The van der Waals surface area contributed by atoms with Gasteiger partial charge in [0.1, 0.15) is 11.4 Å². The second kappa shape index (κ2) is 6.29. The maximum absolute atomic E-state index is 5.97. The highest BCUT2D eigenvalue weighted by molar-refractivity contribution is 7.99. The molecule has 0 unspecified atom stereocenters. The summed E-state index contributed by atoms with van der Waals surface area (Å²) in [7, 11) is 0. The van der Waals surface area contributed by atoms with E-state index in [1.807, 2.05) is 4.90 Å². The van der Waals surface area contributed by atoms with Gasteiger partial charge in [-0.3, -0.25) is 0 Å². The Morgan fingerprint density at radius 1 is 1.20 bits per heavy atom. The number of hydrogen-bond acceptors (Lipinski definition) is 8. The van der Waals surface area contributed by atoms with Gasteiger partial charge in [0, 0.05) is 19.3 Å². The maximum Gasteiger partial charge on any atom is 0.230 e. The Bertz CT molecular complexity index is 580. The first-order chi connectivity index (χ1) is 9.81. The number of morpholine rings is 1. The molecule has 1 aliphatic rings. The van der Waals surface area contributed by atoms with E-state index in [4.69, 9.17) is 16.3 Å². The van der Waals surface area contributed by atoms with Gasteiger partial charge in [-0.1, -0.05) is 0 Å². The van der Waals surface area contributed by atoms with Gasteiger partial charge in [0.25, 0.3) is 0 Å². The molecule has 1 saturated heterocycles. The predicted octanol–water partition coefficient (Wildman–Crippen LogP) is 1.30. The molecule has 0 amide bonds. The fourth-order valence-corrected chi connectivity index (χ4v) is 2.59. The third kappa shape index (κ3) is 3.33. The minimum absolute atomic E-state index is 0.179. The highest BCUT2D eigenvalue weighted by Crippen LogP contribution is 2.24. The Labute approximate surface area is 124 Å². The van der Waals surface area contributed by atoms with Crippen LogP contribution in [0.3, 0.4) is 0 Å². The summed E-state index contributed by atoms with van der Waals surface area (Å²) in [6.07, 6.45) is 3.15.